The van der Waals surface area contributed by atoms with E-state index < -0.39 is 0 Å². The van der Waals surface area contributed by atoms with Gasteiger partial charge < -0.3 is 31.1 Å². The molecule has 3 rings (SSSR count). The van der Waals surface area contributed by atoms with Gasteiger partial charge in [0, 0.05) is 104 Å². The van der Waals surface area contributed by atoms with Crippen LogP contribution >= 0.6 is 80.7 Å². The van der Waals surface area contributed by atoms with Gasteiger partial charge in [-0.05, 0) is 0 Å². The normalized spacial score (nSPS) is 18.6. The van der Waals surface area contributed by atoms with Crippen molar-refractivity contribution in [3.05, 3.63) is 0 Å². The predicted molar refractivity (Wildman–Crippen MR) is 179 cm³/mol. The molecule has 0 aromatic heterocycles. The summed E-state index contributed by atoms with van der Waals surface area (Å²) in [5, 5.41) is 41.2. The standard InChI is InChI=1S/C12H24N2O2S4.C6H16N2O2.C3H5BrS2.CH4/c15-5-3-13(11-7-17-18-8-11)1-2-14(4-6-16)12-9-19-20-10-12;9-5-3-7-1-2-8-4-6-10;4-3-1-5-6-2-3;/h11-12,15-16H,1-10H2;7-10H,1-6H2;3H,1-2H2;1H4. The van der Waals surface area contributed by atoms with Crippen molar-refractivity contribution in [1.29, 1.82) is 0 Å². The van der Waals surface area contributed by atoms with Crippen LogP contribution in [0.2, 0.25) is 0 Å². The number of rotatable bonds is 16. The number of nitrogens with zero attached hydrogens (tertiary/aromatic N) is 2. The molecule has 0 aliphatic carbocycles. The van der Waals surface area contributed by atoms with E-state index in [2.05, 4.69) is 36.4 Å². The van der Waals surface area contributed by atoms with Gasteiger partial charge in [-0.3, -0.25) is 9.80 Å². The monoisotopic (exact) mass is 704 g/mol. The van der Waals surface area contributed by atoms with Crippen molar-refractivity contribution in [2.24, 2.45) is 0 Å². The summed E-state index contributed by atoms with van der Waals surface area (Å²) in [7, 11) is 11.7. The number of halogens is 1. The molecular weight excluding hydrogens is 657 g/mol. The van der Waals surface area contributed by atoms with Gasteiger partial charge in [-0.25, -0.2) is 0 Å². The fourth-order valence-electron chi connectivity index (χ4n) is 3.37. The number of nitrogens with one attached hydrogen (secondary N) is 2. The van der Waals surface area contributed by atoms with Crippen molar-refractivity contribution >= 4 is 80.7 Å². The minimum atomic E-state index is 0. The smallest absolute Gasteiger partial charge is 0.0558 e. The van der Waals surface area contributed by atoms with Gasteiger partial charge in [-0.15, -0.1) is 0 Å². The van der Waals surface area contributed by atoms with Crippen molar-refractivity contribution in [2.75, 3.05) is 113 Å². The highest BCUT2D eigenvalue weighted by molar-refractivity contribution is 9.10. The summed E-state index contributed by atoms with van der Waals surface area (Å²) < 4.78 is 0. The highest BCUT2D eigenvalue weighted by Gasteiger charge is 2.27. The third-order valence-electron chi connectivity index (χ3n) is 5.33. The number of aliphatic hydroxyl groups excluding tert-OH is 4. The van der Waals surface area contributed by atoms with Gasteiger partial charge in [-0.1, -0.05) is 88.1 Å². The van der Waals surface area contributed by atoms with Gasteiger partial charge in [-0.2, -0.15) is 0 Å². The second-order valence-corrected chi connectivity index (χ2v) is 17.0. The average molecular weight is 706 g/mol. The van der Waals surface area contributed by atoms with Gasteiger partial charge in [0.25, 0.3) is 0 Å². The Labute approximate surface area is 257 Å². The van der Waals surface area contributed by atoms with Crippen molar-refractivity contribution < 1.29 is 20.4 Å². The third-order valence-corrected chi connectivity index (χ3v) is 14.4. The van der Waals surface area contributed by atoms with Crippen LogP contribution in [0.5, 0.6) is 0 Å². The maximum Gasteiger partial charge on any atom is 0.0558 e. The van der Waals surface area contributed by atoms with E-state index in [1.165, 1.54) is 34.5 Å². The Balaban J connectivity index is 0.000000634. The summed E-state index contributed by atoms with van der Waals surface area (Å²) >= 11 is 3.50. The van der Waals surface area contributed by atoms with Crippen LogP contribution < -0.4 is 10.6 Å². The number of hydrogen-bond donors (Lipinski definition) is 6. The Morgan fingerprint density at radius 1 is 0.541 bits per heavy atom. The highest BCUT2D eigenvalue weighted by atomic mass is 79.9. The van der Waals surface area contributed by atoms with Crippen molar-refractivity contribution in [2.45, 2.75) is 24.3 Å². The lowest BCUT2D eigenvalue weighted by Gasteiger charge is -2.32. The highest BCUT2D eigenvalue weighted by Crippen LogP contribution is 2.35. The molecule has 224 valence electrons. The first-order valence-electron chi connectivity index (χ1n) is 12.4. The SMILES string of the molecule is BrC1CSSC1.C.OCCN(CCN(CCO)C1CSSC1)C1CSSC1.OCCNCCNCCO. The van der Waals surface area contributed by atoms with Crippen molar-refractivity contribution in [3.8, 4) is 0 Å². The van der Waals surface area contributed by atoms with Crippen LogP contribution in [0.15, 0.2) is 0 Å². The molecular formula is C22H49BrN4O4S6. The first kappa shape index (κ1) is 39.3. The molecule has 0 radical (unpaired) electrons. The van der Waals surface area contributed by atoms with E-state index in [9.17, 15) is 10.2 Å². The molecule has 3 heterocycles. The van der Waals surface area contributed by atoms with Gasteiger partial charge in [0.2, 0.25) is 0 Å². The molecule has 0 bridgehead atoms. The van der Waals surface area contributed by atoms with E-state index in [4.69, 9.17) is 10.2 Å². The van der Waals surface area contributed by atoms with Crippen molar-refractivity contribution in [1.82, 2.24) is 20.4 Å². The van der Waals surface area contributed by atoms with Crippen LogP contribution in [0.1, 0.15) is 7.43 Å². The fraction of sp³-hybridized carbons (Fsp3) is 1.00. The molecule has 6 N–H and O–H groups in total. The van der Waals surface area contributed by atoms with Gasteiger partial charge in [0.05, 0.1) is 26.4 Å². The predicted octanol–water partition coefficient (Wildman–Crippen LogP) is 2.03. The van der Waals surface area contributed by atoms with Crippen molar-refractivity contribution in [3.63, 3.8) is 0 Å². The Morgan fingerprint density at radius 3 is 1.16 bits per heavy atom. The zero-order valence-electron chi connectivity index (χ0n) is 21.0. The van der Waals surface area contributed by atoms with E-state index in [0.717, 1.165) is 44.1 Å². The molecule has 3 aliphatic heterocycles. The molecule has 0 aromatic carbocycles. The second-order valence-electron chi connectivity index (χ2n) is 8.08. The lowest BCUT2D eigenvalue weighted by molar-refractivity contribution is 0.122. The molecule has 8 nitrogen and oxygen atoms in total. The number of aliphatic hydroxyl groups is 4. The molecule has 3 fully saturated rings. The third kappa shape index (κ3) is 20.7. The van der Waals surface area contributed by atoms with Gasteiger partial charge in [0.1, 0.15) is 0 Å². The first-order valence-corrected chi connectivity index (χ1v) is 20.7. The summed E-state index contributed by atoms with van der Waals surface area (Å²) in [6, 6.07) is 1.20. The van der Waals surface area contributed by atoms with Gasteiger partial charge in [0.15, 0.2) is 0 Å². The zero-order valence-corrected chi connectivity index (χ0v) is 27.5. The molecule has 0 atom stereocenters. The van der Waals surface area contributed by atoms with E-state index in [-0.39, 0.29) is 33.9 Å². The van der Waals surface area contributed by atoms with E-state index in [0.29, 0.717) is 25.2 Å². The lowest BCUT2D eigenvalue weighted by Crippen LogP contribution is -2.47. The molecule has 0 unspecified atom stereocenters. The largest absolute Gasteiger partial charge is 0.395 e. The zero-order chi connectivity index (χ0) is 26.3. The fourth-order valence-corrected chi connectivity index (χ4v) is 13.3. The molecule has 0 aromatic rings. The van der Waals surface area contributed by atoms with Gasteiger partial charge >= 0.3 is 0 Å². The van der Waals surface area contributed by atoms with Crippen LogP contribution in [0.4, 0.5) is 0 Å². The summed E-state index contributed by atoms with van der Waals surface area (Å²) in [5.74, 6) is 7.23. The molecule has 3 saturated heterocycles. The van der Waals surface area contributed by atoms with Crippen LogP contribution in [-0.2, 0) is 0 Å². The number of alkyl halides is 1. The Bertz CT molecular complexity index is 450. The number of hydrogen-bond acceptors (Lipinski definition) is 14. The first-order chi connectivity index (χ1) is 17.7. The summed E-state index contributed by atoms with van der Waals surface area (Å²) in [6.45, 7) is 7.32. The Morgan fingerprint density at radius 2 is 0.892 bits per heavy atom. The second kappa shape index (κ2) is 28.4. The molecule has 0 amide bonds. The Kier molecular flexibility index (Phi) is 30.1. The molecule has 0 spiro atoms. The molecule has 15 heteroatoms. The summed E-state index contributed by atoms with van der Waals surface area (Å²) in [6.07, 6.45) is 0. The summed E-state index contributed by atoms with van der Waals surface area (Å²) in [4.78, 5) is 5.63. The molecule has 3 aliphatic rings. The van der Waals surface area contributed by atoms with Crippen LogP contribution in [-0.4, -0.2) is 160 Å². The maximum atomic E-state index is 9.26. The average Bonchev–Trinajstić information content (AvgIpc) is 3.68. The Hall–Kier alpha value is 2.26. The summed E-state index contributed by atoms with van der Waals surface area (Å²) in [5.41, 5.74) is 0. The molecule has 0 saturated carbocycles. The maximum absolute atomic E-state index is 9.26. The topological polar surface area (TPSA) is 111 Å². The van der Waals surface area contributed by atoms with E-state index in [1.54, 1.807) is 0 Å². The lowest BCUT2D eigenvalue weighted by atomic mass is 10.2. The van der Waals surface area contributed by atoms with E-state index in [1.807, 2.05) is 64.8 Å². The van der Waals surface area contributed by atoms with Crippen LogP contribution in [0.25, 0.3) is 0 Å². The minimum Gasteiger partial charge on any atom is -0.395 e. The van der Waals surface area contributed by atoms with E-state index >= 15 is 0 Å². The van der Waals surface area contributed by atoms with Crippen LogP contribution in [0.3, 0.4) is 0 Å². The molecule has 37 heavy (non-hydrogen) atoms. The van der Waals surface area contributed by atoms with Crippen LogP contribution in [0, 0.1) is 0 Å². The minimum absolute atomic E-state index is 0. The quantitative estimate of drug-likeness (QED) is 0.0801.